The molecule has 7 heteroatoms. The van der Waals surface area contributed by atoms with Gasteiger partial charge in [-0.3, -0.25) is 9.29 Å². The van der Waals surface area contributed by atoms with Gasteiger partial charge in [0.25, 0.3) is 0 Å². The molecular formula is C16H18N2O4S. The number of hydrogen-bond acceptors (Lipinski definition) is 5. The van der Waals surface area contributed by atoms with Crippen molar-refractivity contribution < 1.29 is 17.9 Å². The summed E-state index contributed by atoms with van der Waals surface area (Å²) in [6, 6.07) is 9.73. The van der Waals surface area contributed by atoms with Gasteiger partial charge in [-0.1, -0.05) is 12.1 Å². The van der Waals surface area contributed by atoms with Crippen LogP contribution in [0.3, 0.4) is 0 Å². The Kier molecular flexibility index (Phi) is 5.33. The molecule has 6 nitrogen and oxygen atoms in total. The number of esters is 1. The second-order valence-electron chi connectivity index (χ2n) is 4.82. The van der Waals surface area contributed by atoms with Crippen molar-refractivity contribution in [2.24, 2.45) is 0 Å². The predicted molar refractivity (Wildman–Crippen MR) is 87.7 cm³/mol. The molecule has 1 aromatic carbocycles. The first kappa shape index (κ1) is 17.0. The zero-order valence-electron chi connectivity index (χ0n) is 13.0. The molecule has 0 unspecified atom stereocenters. The molecule has 0 bridgehead atoms. The zero-order chi connectivity index (χ0) is 16.9. The van der Waals surface area contributed by atoms with Gasteiger partial charge < -0.3 is 4.74 Å². The highest BCUT2D eigenvalue weighted by atomic mass is 32.2. The van der Waals surface area contributed by atoms with Crippen LogP contribution in [0.25, 0.3) is 0 Å². The number of nitrogens with zero attached hydrogens (tertiary/aromatic N) is 2. The Bertz CT molecular complexity index is 758. The van der Waals surface area contributed by atoms with E-state index in [0.29, 0.717) is 23.4 Å². The Morgan fingerprint density at radius 2 is 1.91 bits per heavy atom. The molecule has 2 rings (SSSR count). The lowest BCUT2D eigenvalue weighted by atomic mass is 10.1. The number of pyridine rings is 1. The number of methoxy groups -OCH3 is 1. The third-order valence-corrected chi connectivity index (χ3v) is 5.12. The van der Waals surface area contributed by atoms with Crippen LogP contribution in [-0.2, 0) is 20.5 Å². The van der Waals surface area contributed by atoms with Crippen LogP contribution in [0, 0.1) is 0 Å². The Morgan fingerprint density at radius 3 is 2.43 bits per heavy atom. The van der Waals surface area contributed by atoms with E-state index in [1.54, 1.807) is 49.5 Å². The second-order valence-corrected chi connectivity index (χ2v) is 6.71. The molecular weight excluding hydrogens is 316 g/mol. The molecule has 0 aliphatic rings. The monoisotopic (exact) mass is 334 g/mol. The molecule has 0 amide bonds. The van der Waals surface area contributed by atoms with Crippen molar-refractivity contribution in [1.29, 1.82) is 0 Å². The van der Waals surface area contributed by atoms with E-state index in [-0.39, 0.29) is 5.75 Å². The van der Waals surface area contributed by atoms with Gasteiger partial charge in [-0.25, -0.2) is 13.2 Å². The van der Waals surface area contributed by atoms with Crippen LogP contribution in [0.4, 0.5) is 5.69 Å². The van der Waals surface area contributed by atoms with Gasteiger partial charge in [-0.15, -0.1) is 0 Å². The Labute approximate surface area is 135 Å². The maximum atomic E-state index is 12.6. The minimum absolute atomic E-state index is 0.156. The number of sulfonamides is 1. The van der Waals surface area contributed by atoms with Crippen molar-refractivity contribution in [2.45, 2.75) is 12.7 Å². The minimum atomic E-state index is -3.54. The van der Waals surface area contributed by atoms with Crippen LogP contribution in [0.5, 0.6) is 0 Å². The highest BCUT2D eigenvalue weighted by Gasteiger charge is 2.21. The Morgan fingerprint density at radius 1 is 1.22 bits per heavy atom. The number of anilines is 1. The molecule has 0 spiro atoms. The van der Waals surface area contributed by atoms with E-state index in [4.69, 9.17) is 0 Å². The molecule has 0 fully saturated rings. The fourth-order valence-electron chi connectivity index (χ4n) is 2.18. The zero-order valence-corrected chi connectivity index (χ0v) is 13.8. The normalized spacial score (nSPS) is 11.0. The fourth-order valence-corrected chi connectivity index (χ4v) is 3.78. The maximum Gasteiger partial charge on any atom is 0.337 e. The molecule has 1 heterocycles. The lowest BCUT2D eigenvalue weighted by Crippen LogP contribution is -2.31. The van der Waals surface area contributed by atoms with E-state index in [0.717, 1.165) is 0 Å². The predicted octanol–water partition coefficient (Wildman–Crippen LogP) is 2.22. The Hall–Kier alpha value is -2.41. The van der Waals surface area contributed by atoms with Crippen LogP contribution in [0.15, 0.2) is 48.8 Å². The van der Waals surface area contributed by atoms with Crippen molar-refractivity contribution in [1.82, 2.24) is 4.98 Å². The molecule has 0 aliphatic heterocycles. The van der Waals surface area contributed by atoms with Gasteiger partial charge in [-0.05, 0) is 36.8 Å². The van der Waals surface area contributed by atoms with Gasteiger partial charge in [0, 0.05) is 12.7 Å². The van der Waals surface area contributed by atoms with Crippen LogP contribution < -0.4 is 4.31 Å². The maximum absolute atomic E-state index is 12.6. The molecule has 0 N–H and O–H groups in total. The first-order chi connectivity index (χ1) is 11.0. The molecule has 0 atom stereocenters. The number of carbonyl (C=O) groups is 1. The third-order valence-electron chi connectivity index (χ3n) is 3.28. The number of rotatable bonds is 6. The van der Waals surface area contributed by atoms with Crippen LogP contribution in [0.1, 0.15) is 22.8 Å². The minimum Gasteiger partial charge on any atom is -0.465 e. The number of ether oxygens (including phenoxy) is 1. The number of aromatic nitrogens is 1. The fraction of sp³-hybridized carbons (Fsp3) is 0.250. The van der Waals surface area contributed by atoms with Crippen molar-refractivity contribution >= 4 is 21.7 Å². The molecule has 0 aliphatic carbocycles. The summed E-state index contributed by atoms with van der Waals surface area (Å²) in [6.07, 6.45) is 3.11. The smallest absolute Gasteiger partial charge is 0.337 e. The number of carbonyl (C=O) groups excluding carboxylic acids is 1. The van der Waals surface area contributed by atoms with Crippen molar-refractivity contribution in [3.8, 4) is 0 Å². The molecule has 1 aromatic heterocycles. The topological polar surface area (TPSA) is 76.6 Å². The summed E-state index contributed by atoms with van der Waals surface area (Å²) in [5.74, 6) is -0.609. The lowest BCUT2D eigenvalue weighted by molar-refractivity contribution is 0.0600. The molecule has 0 saturated heterocycles. The van der Waals surface area contributed by atoms with E-state index in [1.165, 1.54) is 17.6 Å². The summed E-state index contributed by atoms with van der Waals surface area (Å²) in [4.78, 5) is 15.4. The SMILES string of the molecule is CCN(c1cccnc1)S(=O)(=O)Cc1ccc(C(=O)OC)cc1. The summed E-state index contributed by atoms with van der Waals surface area (Å²) in [5, 5.41) is 0. The first-order valence-corrected chi connectivity index (χ1v) is 8.66. The average molecular weight is 334 g/mol. The second kappa shape index (κ2) is 7.23. The number of hydrogen-bond donors (Lipinski definition) is 0. The van der Waals surface area contributed by atoms with Crippen LogP contribution >= 0.6 is 0 Å². The summed E-state index contributed by atoms with van der Waals surface area (Å²) in [7, 11) is -2.24. The van der Waals surface area contributed by atoms with Crippen molar-refractivity contribution in [3.05, 3.63) is 59.9 Å². The average Bonchev–Trinajstić information content (AvgIpc) is 2.56. The first-order valence-electron chi connectivity index (χ1n) is 7.05. The standard InChI is InChI=1S/C16H18N2O4S/c1-3-18(15-5-4-10-17-11-15)23(20,21)12-13-6-8-14(9-7-13)16(19)22-2/h4-11H,3,12H2,1-2H3. The van der Waals surface area contributed by atoms with E-state index in [9.17, 15) is 13.2 Å². The van der Waals surface area contributed by atoms with E-state index < -0.39 is 16.0 Å². The van der Waals surface area contributed by atoms with Gasteiger partial charge in [0.1, 0.15) is 0 Å². The van der Waals surface area contributed by atoms with E-state index >= 15 is 0 Å². The highest BCUT2D eigenvalue weighted by Crippen LogP contribution is 2.19. The molecule has 2 aromatic rings. The summed E-state index contributed by atoms with van der Waals surface area (Å²) in [6.45, 7) is 2.08. The summed E-state index contributed by atoms with van der Waals surface area (Å²) >= 11 is 0. The number of benzene rings is 1. The van der Waals surface area contributed by atoms with Crippen molar-refractivity contribution in [3.63, 3.8) is 0 Å². The third kappa shape index (κ3) is 4.07. The van der Waals surface area contributed by atoms with Gasteiger partial charge in [0.15, 0.2) is 0 Å². The lowest BCUT2D eigenvalue weighted by Gasteiger charge is -2.22. The van der Waals surface area contributed by atoms with Crippen LogP contribution in [-0.4, -0.2) is 33.0 Å². The quantitative estimate of drug-likeness (QED) is 0.757. The van der Waals surface area contributed by atoms with Gasteiger partial charge >= 0.3 is 5.97 Å². The van der Waals surface area contributed by atoms with Crippen molar-refractivity contribution in [2.75, 3.05) is 18.0 Å². The van der Waals surface area contributed by atoms with Crippen LogP contribution in [0.2, 0.25) is 0 Å². The molecule has 23 heavy (non-hydrogen) atoms. The molecule has 0 radical (unpaired) electrons. The molecule has 0 saturated carbocycles. The highest BCUT2D eigenvalue weighted by molar-refractivity contribution is 7.92. The molecule has 122 valence electrons. The van der Waals surface area contributed by atoms with Gasteiger partial charge in [0.2, 0.25) is 10.0 Å². The van der Waals surface area contributed by atoms with E-state index in [2.05, 4.69) is 9.72 Å². The van der Waals surface area contributed by atoms with Gasteiger partial charge in [0.05, 0.1) is 30.3 Å². The largest absolute Gasteiger partial charge is 0.465 e. The summed E-state index contributed by atoms with van der Waals surface area (Å²) < 4.78 is 31.2. The van der Waals surface area contributed by atoms with Gasteiger partial charge in [-0.2, -0.15) is 0 Å². The van der Waals surface area contributed by atoms with E-state index in [1.807, 2.05) is 0 Å². The Balaban J connectivity index is 2.21. The summed E-state index contributed by atoms with van der Waals surface area (Å²) in [5.41, 5.74) is 1.51.